The van der Waals surface area contributed by atoms with E-state index in [4.69, 9.17) is 0 Å². The Morgan fingerprint density at radius 1 is 0.611 bits per heavy atom. The van der Waals surface area contributed by atoms with Crippen LogP contribution in [0.1, 0.15) is 0 Å². The smallest absolute Gasteiger partial charge is 0.0709 e. The molecule has 1 heteroatoms. The van der Waals surface area contributed by atoms with Gasteiger partial charge in [0.05, 0.1) is 11.4 Å². The summed E-state index contributed by atoms with van der Waals surface area (Å²) in [5, 5.41) is 0. The Morgan fingerprint density at radius 2 is 1.06 bits per heavy atom. The van der Waals surface area contributed by atoms with Crippen LogP contribution in [0.2, 0.25) is 0 Å². The Labute approximate surface area is 107 Å². The van der Waals surface area contributed by atoms with Gasteiger partial charge in [-0.3, -0.25) is 0 Å². The molecule has 0 atom stereocenters. The third-order valence-electron chi connectivity index (χ3n) is 2.78. The zero-order valence-corrected chi connectivity index (χ0v) is 9.80. The first kappa shape index (κ1) is 10.7. The average Bonchev–Trinajstić information content (AvgIpc) is 2.49. The molecular weight excluding hydrogens is 218 g/mol. The van der Waals surface area contributed by atoms with E-state index >= 15 is 0 Å². The lowest BCUT2D eigenvalue weighted by Gasteiger charge is -2.04. The maximum Gasteiger partial charge on any atom is 0.0709 e. The lowest BCUT2D eigenvalue weighted by Crippen LogP contribution is -1.87. The summed E-state index contributed by atoms with van der Waals surface area (Å²) in [6.07, 6.45) is 0. The van der Waals surface area contributed by atoms with E-state index in [0.29, 0.717) is 0 Å². The Bertz CT molecular complexity index is 575. The number of rotatable bonds is 2. The SMILES string of the molecule is [c]1ccc(-c2cccc(-c3cc[c]cc3)n2)cc1. The van der Waals surface area contributed by atoms with Gasteiger partial charge in [0.15, 0.2) is 0 Å². The maximum absolute atomic E-state index is 4.69. The zero-order chi connectivity index (χ0) is 12.2. The first-order valence-corrected chi connectivity index (χ1v) is 5.83. The number of nitrogens with zero attached hydrogens (tertiary/aromatic N) is 1. The van der Waals surface area contributed by atoms with Gasteiger partial charge in [-0.05, 0) is 24.3 Å². The van der Waals surface area contributed by atoms with Crippen molar-refractivity contribution < 1.29 is 0 Å². The van der Waals surface area contributed by atoms with E-state index < -0.39 is 0 Å². The topological polar surface area (TPSA) is 12.9 Å². The standard InChI is InChI=1S/C17H11N/c1-3-8-14(9-4-1)16-12-7-13-17(18-16)15-10-5-2-6-11-15/h3-13H. The van der Waals surface area contributed by atoms with E-state index in [-0.39, 0.29) is 0 Å². The number of benzene rings is 2. The first-order chi connectivity index (χ1) is 8.93. The molecule has 0 aliphatic heterocycles. The van der Waals surface area contributed by atoms with Crippen LogP contribution in [-0.4, -0.2) is 4.98 Å². The molecule has 0 saturated heterocycles. The molecule has 2 radical (unpaired) electrons. The van der Waals surface area contributed by atoms with Gasteiger partial charge >= 0.3 is 0 Å². The van der Waals surface area contributed by atoms with Crippen molar-refractivity contribution in [3.05, 3.63) is 78.9 Å². The van der Waals surface area contributed by atoms with E-state index in [1.807, 2.05) is 66.7 Å². The van der Waals surface area contributed by atoms with E-state index in [0.717, 1.165) is 22.5 Å². The molecule has 0 spiro atoms. The predicted octanol–water partition coefficient (Wildman–Crippen LogP) is 4.02. The summed E-state index contributed by atoms with van der Waals surface area (Å²) in [4.78, 5) is 4.69. The predicted molar refractivity (Wildman–Crippen MR) is 72.8 cm³/mol. The van der Waals surface area contributed by atoms with Crippen molar-refractivity contribution in [2.24, 2.45) is 0 Å². The van der Waals surface area contributed by atoms with Crippen molar-refractivity contribution in [1.82, 2.24) is 4.98 Å². The van der Waals surface area contributed by atoms with Gasteiger partial charge < -0.3 is 0 Å². The number of hydrogen-bond donors (Lipinski definition) is 0. The monoisotopic (exact) mass is 229 g/mol. The van der Waals surface area contributed by atoms with Gasteiger partial charge in [-0.1, -0.05) is 54.6 Å². The van der Waals surface area contributed by atoms with E-state index in [1.165, 1.54) is 0 Å². The normalized spacial score (nSPS) is 10.2. The fourth-order valence-electron chi connectivity index (χ4n) is 1.87. The van der Waals surface area contributed by atoms with Crippen LogP contribution in [0.3, 0.4) is 0 Å². The maximum atomic E-state index is 4.69. The average molecular weight is 229 g/mol. The Balaban J connectivity index is 2.05. The molecular formula is C17H11N. The second-order valence-electron chi connectivity index (χ2n) is 3.99. The van der Waals surface area contributed by atoms with E-state index in [9.17, 15) is 0 Å². The van der Waals surface area contributed by atoms with Crippen LogP contribution < -0.4 is 0 Å². The highest BCUT2D eigenvalue weighted by Crippen LogP contribution is 2.21. The minimum absolute atomic E-state index is 0.981. The van der Waals surface area contributed by atoms with Crippen LogP contribution in [0.15, 0.2) is 66.7 Å². The molecule has 0 unspecified atom stereocenters. The molecule has 1 aromatic heterocycles. The number of pyridine rings is 1. The highest BCUT2D eigenvalue weighted by molar-refractivity contribution is 5.65. The summed E-state index contributed by atoms with van der Waals surface area (Å²) < 4.78 is 0. The van der Waals surface area contributed by atoms with Crippen LogP contribution in [0.4, 0.5) is 0 Å². The van der Waals surface area contributed by atoms with Gasteiger partial charge in [-0.25, -0.2) is 4.98 Å². The largest absolute Gasteiger partial charge is 0.248 e. The van der Waals surface area contributed by atoms with Crippen LogP contribution in [0, 0.1) is 12.1 Å². The molecule has 1 nitrogen and oxygen atoms in total. The third-order valence-corrected chi connectivity index (χ3v) is 2.78. The fraction of sp³-hybridized carbons (Fsp3) is 0. The summed E-state index contributed by atoms with van der Waals surface area (Å²) in [5.41, 5.74) is 4.18. The second-order valence-corrected chi connectivity index (χ2v) is 3.99. The van der Waals surface area contributed by atoms with Crippen LogP contribution >= 0.6 is 0 Å². The lowest BCUT2D eigenvalue weighted by atomic mass is 10.1. The Morgan fingerprint density at radius 3 is 1.50 bits per heavy atom. The zero-order valence-electron chi connectivity index (χ0n) is 9.80. The molecule has 18 heavy (non-hydrogen) atoms. The highest BCUT2D eigenvalue weighted by Gasteiger charge is 2.02. The number of aromatic nitrogens is 1. The molecule has 0 bridgehead atoms. The molecule has 0 saturated carbocycles. The van der Waals surface area contributed by atoms with Crippen LogP contribution in [0.5, 0.6) is 0 Å². The Hall–Kier alpha value is -2.41. The summed E-state index contributed by atoms with van der Waals surface area (Å²) in [6, 6.07) is 27.8. The van der Waals surface area contributed by atoms with Gasteiger partial charge in [-0.2, -0.15) is 0 Å². The van der Waals surface area contributed by atoms with Crippen LogP contribution in [-0.2, 0) is 0 Å². The molecule has 3 aromatic rings. The summed E-state index contributed by atoms with van der Waals surface area (Å²) in [5.74, 6) is 0. The van der Waals surface area contributed by atoms with Gasteiger partial charge in [0, 0.05) is 11.1 Å². The van der Waals surface area contributed by atoms with Gasteiger partial charge in [0.1, 0.15) is 0 Å². The quantitative estimate of drug-likeness (QED) is 0.647. The van der Waals surface area contributed by atoms with Crippen molar-refractivity contribution in [2.75, 3.05) is 0 Å². The summed E-state index contributed by atoms with van der Waals surface area (Å²) >= 11 is 0. The van der Waals surface area contributed by atoms with Crippen LogP contribution in [0.25, 0.3) is 22.5 Å². The molecule has 0 aliphatic rings. The van der Waals surface area contributed by atoms with Gasteiger partial charge in [0.2, 0.25) is 0 Å². The van der Waals surface area contributed by atoms with Crippen molar-refractivity contribution >= 4 is 0 Å². The molecule has 0 amide bonds. The van der Waals surface area contributed by atoms with Gasteiger partial charge in [0.25, 0.3) is 0 Å². The minimum Gasteiger partial charge on any atom is -0.248 e. The summed E-state index contributed by atoms with van der Waals surface area (Å²) in [7, 11) is 0. The second kappa shape index (κ2) is 4.84. The minimum atomic E-state index is 0.981. The van der Waals surface area contributed by atoms with E-state index in [1.54, 1.807) is 0 Å². The molecule has 3 rings (SSSR count). The molecule has 0 N–H and O–H groups in total. The van der Waals surface area contributed by atoms with Crippen molar-refractivity contribution in [3.63, 3.8) is 0 Å². The van der Waals surface area contributed by atoms with Crippen molar-refractivity contribution in [3.8, 4) is 22.5 Å². The van der Waals surface area contributed by atoms with E-state index in [2.05, 4.69) is 17.1 Å². The van der Waals surface area contributed by atoms with Crippen molar-refractivity contribution in [2.45, 2.75) is 0 Å². The Kier molecular flexibility index (Phi) is 2.89. The van der Waals surface area contributed by atoms with Crippen molar-refractivity contribution in [1.29, 1.82) is 0 Å². The lowest BCUT2D eigenvalue weighted by molar-refractivity contribution is 1.32. The molecule has 2 aromatic carbocycles. The third kappa shape index (κ3) is 2.16. The molecule has 0 fully saturated rings. The molecule has 0 aliphatic carbocycles. The molecule has 84 valence electrons. The summed E-state index contributed by atoms with van der Waals surface area (Å²) in [6.45, 7) is 0. The number of hydrogen-bond acceptors (Lipinski definition) is 1. The molecule has 1 heterocycles. The highest BCUT2D eigenvalue weighted by atomic mass is 14.7. The fourth-order valence-corrected chi connectivity index (χ4v) is 1.87. The first-order valence-electron chi connectivity index (χ1n) is 5.83. The van der Waals surface area contributed by atoms with Gasteiger partial charge in [-0.15, -0.1) is 0 Å².